The van der Waals surface area contributed by atoms with Crippen LogP contribution in [0.1, 0.15) is 23.1 Å². The smallest absolute Gasteiger partial charge is 0.244 e. The number of nitrogens with one attached hydrogen (secondary N) is 1. The van der Waals surface area contributed by atoms with Crippen molar-refractivity contribution >= 4 is 34.6 Å². The summed E-state index contributed by atoms with van der Waals surface area (Å²) in [5.41, 5.74) is 0.955. The van der Waals surface area contributed by atoms with Gasteiger partial charge in [-0.2, -0.15) is 0 Å². The first-order valence-corrected chi connectivity index (χ1v) is 8.12. The first-order valence-electron chi connectivity index (χ1n) is 7.04. The summed E-state index contributed by atoms with van der Waals surface area (Å²) in [5.74, 6) is 1.10. The van der Waals surface area contributed by atoms with E-state index in [1.807, 2.05) is 48.5 Å². The third-order valence-electron chi connectivity index (χ3n) is 3.24. The largest absolute Gasteiger partial charge is 0.467 e. The highest BCUT2D eigenvalue weighted by Crippen LogP contribution is 2.22. The highest BCUT2D eigenvalue weighted by molar-refractivity contribution is 14.1. The molecule has 0 spiro atoms. The van der Waals surface area contributed by atoms with E-state index in [4.69, 9.17) is 8.83 Å². The first-order chi connectivity index (χ1) is 11.2. The molecule has 3 aromatic rings. The molecule has 23 heavy (non-hydrogen) atoms. The van der Waals surface area contributed by atoms with Crippen molar-refractivity contribution in [3.05, 3.63) is 87.8 Å². The summed E-state index contributed by atoms with van der Waals surface area (Å²) in [7, 11) is 0. The van der Waals surface area contributed by atoms with Crippen LogP contribution in [0, 0.1) is 3.77 Å². The highest BCUT2D eigenvalue weighted by atomic mass is 127. The summed E-state index contributed by atoms with van der Waals surface area (Å²) in [6.45, 7) is 0. The van der Waals surface area contributed by atoms with Crippen molar-refractivity contribution in [3.8, 4) is 0 Å². The molecule has 5 heteroatoms. The van der Waals surface area contributed by atoms with E-state index in [-0.39, 0.29) is 11.9 Å². The zero-order chi connectivity index (χ0) is 16.1. The van der Waals surface area contributed by atoms with Gasteiger partial charge >= 0.3 is 0 Å². The molecule has 0 saturated carbocycles. The Morgan fingerprint density at radius 1 is 1.09 bits per heavy atom. The fourth-order valence-electron chi connectivity index (χ4n) is 2.19. The van der Waals surface area contributed by atoms with Crippen molar-refractivity contribution in [2.75, 3.05) is 0 Å². The van der Waals surface area contributed by atoms with Gasteiger partial charge in [0.2, 0.25) is 5.91 Å². The second kappa shape index (κ2) is 7.32. The van der Waals surface area contributed by atoms with E-state index in [9.17, 15) is 4.79 Å². The van der Waals surface area contributed by atoms with E-state index in [2.05, 4.69) is 27.9 Å². The van der Waals surface area contributed by atoms with E-state index >= 15 is 0 Å². The molecular formula is C18H14INO3. The van der Waals surface area contributed by atoms with Gasteiger partial charge in [-0.15, -0.1) is 0 Å². The predicted molar refractivity (Wildman–Crippen MR) is 95.6 cm³/mol. The maximum absolute atomic E-state index is 12.2. The quantitative estimate of drug-likeness (QED) is 0.493. The summed E-state index contributed by atoms with van der Waals surface area (Å²) in [5, 5.41) is 2.95. The number of hydrogen-bond acceptors (Lipinski definition) is 3. The number of hydrogen-bond donors (Lipinski definition) is 1. The van der Waals surface area contributed by atoms with E-state index in [1.165, 1.54) is 6.08 Å². The number of rotatable bonds is 5. The van der Waals surface area contributed by atoms with Gasteiger partial charge < -0.3 is 14.2 Å². The molecular weight excluding hydrogens is 405 g/mol. The second-order valence-corrected chi connectivity index (χ2v) is 5.91. The molecule has 1 unspecified atom stereocenters. The van der Waals surface area contributed by atoms with Gasteiger partial charge in [0, 0.05) is 6.08 Å². The van der Waals surface area contributed by atoms with E-state index in [1.54, 1.807) is 18.4 Å². The fourth-order valence-corrected chi connectivity index (χ4v) is 2.62. The number of carbonyl (C=O) groups excluding carboxylic acids is 1. The summed E-state index contributed by atoms with van der Waals surface area (Å²) >= 11 is 2.08. The highest BCUT2D eigenvalue weighted by Gasteiger charge is 2.18. The third kappa shape index (κ3) is 4.13. The predicted octanol–water partition coefficient (Wildman–Crippen LogP) is 4.40. The molecule has 2 heterocycles. The first kappa shape index (κ1) is 15.6. The van der Waals surface area contributed by atoms with Gasteiger partial charge in [0.1, 0.15) is 17.6 Å². The fraction of sp³-hybridized carbons (Fsp3) is 0.0556. The average Bonchev–Trinajstić information content (AvgIpc) is 3.23. The summed E-state index contributed by atoms with van der Waals surface area (Å²) in [6, 6.07) is 16.7. The van der Waals surface area contributed by atoms with E-state index in [0.29, 0.717) is 11.5 Å². The normalized spacial score (nSPS) is 12.4. The topological polar surface area (TPSA) is 55.4 Å². The van der Waals surface area contributed by atoms with Crippen LogP contribution in [-0.4, -0.2) is 5.91 Å². The molecule has 116 valence electrons. The molecule has 0 saturated heterocycles. The van der Waals surface area contributed by atoms with Crippen LogP contribution in [-0.2, 0) is 4.79 Å². The number of halogens is 1. The summed E-state index contributed by atoms with van der Waals surface area (Å²) in [4.78, 5) is 12.2. The van der Waals surface area contributed by atoms with Crippen LogP contribution in [0.4, 0.5) is 0 Å². The third-order valence-corrected chi connectivity index (χ3v) is 3.82. The van der Waals surface area contributed by atoms with Crippen molar-refractivity contribution in [2.24, 2.45) is 0 Å². The van der Waals surface area contributed by atoms with Crippen molar-refractivity contribution in [1.82, 2.24) is 5.32 Å². The molecule has 1 N–H and O–H groups in total. The molecule has 2 aromatic heterocycles. The molecule has 0 fully saturated rings. The van der Waals surface area contributed by atoms with Crippen LogP contribution in [0.5, 0.6) is 0 Å². The van der Waals surface area contributed by atoms with Crippen LogP contribution in [0.25, 0.3) is 6.08 Å². The van der Waals surface area contributed by atoms with Crippen molar-refractivity contribution < 1.29 is 13.6 Å². The van der Waals surface area contributed by atoms with E-state index in [0.717, 1.165) is 9.33 Å². The minimum absolute atomic E-state index is 0.221. The molecule has 0 aliphatic heterocycles. The van der Waals surface area contributed by atoms with Crippen LogP contribution in [0.3, 0.4) is 0 Å². The Morgan fingerprint density at radius 3 is 2.57 bits per heavy atom. The summed E-state index contributed by atoms with van der Waals surface area (Å²) in [6.07, 6.45) is 4.69. The summed E-state index contributed by atoms with van der Waals surface area (Å²) < 4.78 is 11.6. The van der Waals surface area contributed by atoms with Gasteiger partial charge in [0.25, 0.3) is 0 Å². The van der Waals surface area contributed by atoms with Crippen LogP contribution in [0.2, 0.25) is 0 Å². The number of furan rings is 2. The van der Waals surface area contributed by atoms with Gasteiger partial charge in [-0.25, -0.2) is 0 Å². The average molecular weight is 419 g/mol. The SMILES string of the molecule is O=C(/C=C/c1ccc(I)o1)NC(c1ccccc1)c1ccco1. The Morgan fingerprint density at radius 2 is 1.91 bits per heavy atom. The Hall–Kier alpha value is -2.28. The molecule has 0 bridgehead atoms. The molecule has 3 rings (SSSR count). The van der Waals surface area contributed by atoms with Crippen LogP contribution in [0.15, 0.2) is 75.8 Å². The minimum atomic E-state index is -0.333. The van der Waals surface area contributed by atoms with Crippen LogP contribution >= 0.6 is 22.6 Å². The molecule has 0 aliphatic rings. The lowest BCUT2D eigenvalue weighted by atomic mass is 10.0. The monoisotopic (exact) mass is 419 g/mol. The lowest BCUT2D eigenvalue weighted by molar-refractivity contribution is -0.117. The lowest BCUT2D eigenvalue weighted by Crippen LogP contribution is -2.27. The zero-order valence-electron chi connectivity index (χ0n) is 12.1. The van der Waals surface area contributed by atoms with Gasteiger partial charge in [-0.3, -0.25) is 4.79 Å². The molecule has 0 radical (unpaired) electrons. The van der Waals surface area contributed by atoms with E-state index < -0.39 is 0 Å². The van der Waals surface area contributed by atoms with Gasteiger partial charge in [0.05, 0.1) is 6.26 Å². The Labute approximate surface area is 147 Å². The van der Waals surface area contributed by atoms with Crippen molar-refractivity contribution in [3.63, 3.8) is 0 Å². The number of carbonyl (C=O) groups is 1. The maximum atomic E-state index is 12.2. The zero-order valence-corrected chi connectivity index (χ0v) is 14.3. The molecule has 1 aromatic carbocycles. The number of benzene rings is 1. The molecule has 1 atom stereocenters. The van der Waals surface area contributed by atoms with Gasteiger partial charge in [-0.05, 0) is 58.5 Å². The van der Waals surface area contributed by atoms with Crippen molar-refractivity contribution in [2.45, 2.75) is 6.04 Å². The molecule has 0 aliphatic carbocycles. The minimum Gasteiger partial charge on any atom is -0.467 e. The standard InChI is InChI=1S/C18H14INO3/c19-16-10-8-14(23-16)9-11-17(21)20-18(15-7-4-12-22-15)13-5-2-1-3-6-13/h1-12,18H,(H,20,21)/b11-9+. The van der Waals surface area contributed by atoms with Crippen LogP contribution < -0.4 is 5.32 Å². The lowest BCUT2D eigenvalue weighted by Gasteiger charge is -2.16. The Bertz CT molecular complexity index is 791. The molecule has 1 amide bonds. The van der Waals surface area contributed by atoms with Gasteiger partial charge in [-0.1, -0.05) is 30.3 Å². The Balaban J connectivity index is 1.76. The van der Waals surface area contributed by atoms with Gasteiger partial charge in [0.15, 0.2) is 3.77 Å². The maximum Gasteiger partial charge on any atom is 0.244 e. The number of amides is 1. The Kier molecular flexibility index (Phi) is 4.97. The van der Waals surface area contributed by atoms with Crippen molar-refractivity contribution in [1.29, 1.82) is 0 Å². The second-order valence-electron chi connectivity index (χ2n) is 4.84. The molecule has 4 nitrogen and oxygen atoms in total.